The maximum absolute atomic E-state index is 8.73. The minimum atomic E-state index is 0.137. The van der Waals surface area contributed by atoms with Crippen molar-refractivity contribution in [2.45, 2.75) is 32.4 Å². The summed E-state index contributed by atoms with van der Waals surface area (Å²) >= 11 is 1.97. The summed E-state index contributed by atoms with van der Waals surface area (Å²) in [6, 6.07) is 8.29. The van der Waals surface area contributed by atoms with E-state index in [1.54, 1.807) is 0 Å². The quantitative estimate of drug-likeness (QED) is 0.623. The maximum atomic E-state index is 8.73. The summed E-state index contributed by atoms with van der Waals surface area (Å²) in [4.78, 5) is 0. The highest BCUT2D eigenvalue weighted by atomic mass is 32.2. The molecule has 0 amide bonds. The van der Waals surface area contributed by atoms with E-state index < -0.39 is 0 Å². The van der Waals surface area contributed by atoms with Gasteiger partial charge in [-0.3, -0.25) is 0 Å². The molecule has 18 heavy (non-hydrogen) atoms. The van der Waals surface area contributed by atoms with E-state index in [2.05, 4.69) is 43.9 Å². The molecule has 0 aliphatic rings. The van der Waals surface area contributed by atoms with E-state index in [0.29, 0.717) is 6.42 Å². The first-order valence-electron chi connectivity index (χ1n) is 6.49. The number of rotatable bonds is 6. The molecule has 1 aromatic carbocycles. The first-order chi connectivity index (χ1) is 8.74. The first kappa shape index (κ1) is 15.1. The minimum Gasteiger partial charge on any atom is -0.395 e. The molecule has 2 heteroatoms. The van der Waals surface area contributed by atoms with E-state index in [9.17, 15) is 0 Å². The lowest BCUT2D eigenvalue weighted by atomic mass is 10.1. The molecule has 0 fully saturated rings. The highest BCUT2D eigenvalue weighted by molar-refractivity contribution is 7.98. The smallest absolute Gasteiger partial charge is 0.0540 e. The van der Waals surface area contributed by atoms with Gasteiger partial charge in [-0.2, -0.15) is 11.8 Å². The third-order valence-electron chi connectivity index (χ3n) is 2.57. The summed E-state index contributed by atoms with van der Waals surface area (Å²) < 4.78 is 0. The number of hydrogen-bond acceptors (Lipinski definition) is 2. The van der Waals surface area contributed by atoms with E-state index in [-0.39, 0.29) is 6.61 Å². The minimum absolute atomic E-state index is 0.137. The largest absolute Gasteiger partial charge is 0.395 e. The number of thioether (sulfide) groups is 1. The van der Waals surface area contributed by atoms with E-state index >= 15 is 0 Å². The molecule has 1 aromatic rings. The van der Waals surface area contributed by atoms with Crippen molar-refractivity contribution in [1.82, 2.24) is 0 Å². The Morgan fingerprint density at radius 2 is 2.06 bits per heavy atom. The molecule has 0 spiro atoms. The van der Waals surface area contributed by atoms with Gasteiger partial charge in [-0.05, 0) is 29.7 Å². The molecule has 1 rings (SSSR count). The summed E-state index contributed by atoms with van der Waals surface area (Å²) in [6.45, 7) is 4.65. The second-order valence-electron chi connectivity index (χ2n) is 4.67. The lowest BCUT2D eigenvalue weighted by Crippen LogP contribution is -1.92. The molecule has 0 radical (unpaired) electrons. The summed E-state index contributed by atoms with van der Waals surface area (Å²) in [5, 5.41) is 8.73. The van der Waals surface area contributed by atoms with E-state index in [0.717, 1.165) is 17.2 Å². The van der Waals surface area contributed by atoms with Crippen LogP contribution in [0.1, 0.15) is 37.8 Å². The van der Waals surface area contributed by atoms with Gasteiger partial charge in [0, 0.05) is 17.7 Å². The predicted octanol–water partition coefficient (Wildman–Crippen LogP) is 3.70. The Morgan fingerprint density at radius 1 is 1.28 bits per heavy atom. The van der Waals surface area contributed by atoms with Gasteiger partial charge in [0.2, 0.25) is 0 Å². The second kappa shape index (κ2) is 9.08. The van der Waals surface area contributed by atoms with Crippen LogP contribution >= 0.6 is 11.8 Å². The van der Waals surface area contributed by atoms with Crippen LogP contribution < -0.4 is 0 Å². The average molecular weight is 262 g/mol. The Morgan fingerprint density at radius 3 is 2.78 bits per heavy atom. The number of hydrogen-bond donors (Lipinski definition) is 1. The molecule has 0 unspecified atom stereocenters. The Labute approximate surface area is 115 Å². The highest BCUT2D eigenvalue weighted by Crippen LogP contribution is 2.18. The Hall–Kier alpha value is -0.910. The zero-order valence-electron chi connectivity index (χ0n) is 11.3. The summed E-state index contributed by atoms with van der Waals surface area (Å²) in [5.41, 5.74) is 2.40. The SMILES string of the molecule is CC(C)CCSCc1ccccc1C#CCCO. The molecule has 0 saturated heterocycles. The lowest BCUT2D eigenvalue weighted by molar-refractivity contribution is 0.305. The van der Waals surface area contributed by atoms with Crippen LogP contribution in [0.3, 0.4) is 0 Å². The van der Waals surface area contributed by atoms with Crippen molar-refractivity contribution >= 4 is 11.8 Å². The van der Waals surface area contributed by atoms with Gasteiger partial charge < -0.3 is 5.11 Å². The van der Waals surface area contributed by atoms with E-state index in [1.165, 1.54) is 17.7 Å². The number of benzene rings is 1. The van der Waals surface area contributed by atoms with Crippen LogP contribution in [-0.2, 0) is 5.75 Å². The molecule has 0 atom stereocenters. The first-order valence-corrected chi connectivity index (χ1v) is 7.65. The average Bonchev–Trinajstić information content (AvgIpc) is 2.36. The molecule has 1 nitrogen and oxygen atoms in total. The zero-order chi connectivity index (χ0) is 13.2. The maximum Gasteiger partial charge on any atom is 0.0540 e. The summed E-state index contributed by atoms with van der Waals surface area (Å²) in [6.07, 6.45) is 1.82. The van der Waals surface area contributed by atoms with Gasteiger partial charge in [-0.1, -0.05) is 43.9 Å². The fourth-order valence-corrected chi connectivity index (χ4v) is 2.74. The van der Waals surface area contributed by atoms with Crippen LogP contribution in [0, 0.1) is 17.8 Å². The molecule has 1 N–H and O–H groups in total. The molecule has 98 valence electrons. The third kappa shape index (κ3) is 6.14. The van der Waals surface area contributed by atoms with E-state index in [4.69, 9.17) is 5.11 Å². The molecule has 0 aromatic heterocycles. The summed E-state index contributed by atoms with van der Waals surface area (Å²) in [7, 11) is 0. The molecule has 0 heterocycles. The van der Waals surface area contributed by atoms with Gasteiger partial charge in [0.25, 0.3) is 0 Å². The van der Waals surface area contributed by atoms with Crippen molar-refractivity contribution < 1.29 is 5.11 Å². The van der Waals surface area contributed by atoms with Gasteiger partial charge in [-0.15, -0.1) is 0 Å². The van der Waals surface area contributed by atoms with Gasteiger partial charge in [0.1, 0.15) is 0 Å². The van der Waals surface area contributed by atoms with Crippen molar-refractivity contribution in [2.24, 2.45) is 5.92 Å². The monoisotopic (exact) mass is 262 g/mol. The fourth-order valence-electron chi connectivity index (χ4n) is 1.48. The molecule has 0 aliphatic heterocycles. The second-order valence-corrected chi connectivity index (χ2v) is 5.77. The Kier molecular flexibility index (Phi) is 7.64. The number of aliphatic hydroxyl groups is 1. The van der Waals surface area contributed by atoms with Gasteiger partial charge in [0.05, 0.1) is 6.61 Å². The van der Waals surface area contributed by atoms with Crippen LogP contribution in [0.5, 0.6) is 0 Å². The normalized spacial score (nSPS) is 10.2. The number of aliphatic hydroxyl groups excluding tert-OH is 1. The van der Waals surface area contributed by atoms with Crippen molar-refractivity contribution in [3.63, 3.8) is 0 Å². The zero-order valence-corrected chi connectivity index (χ0v) is 12.1. The van der Waals surface area contributed by atoms with Crippen molar-refractivity contribution in [3.05, 3.63) is 35.4 Å². The third-order valence-corrected chi connectivity index (χ3v) is 3.61. The van der Waals surface area contributed by atoms with Crippen LogP contribution in [0.4, 0.5) is 0 Å². The van der Waals surface area contributed by atoms with Crippen LogP contribution in [0.25, 0.3) is 0 Å². The van der Waals surface area contributed by atoms with Crippen molar-refractivity contribution in [2.75, 3.05) is 12.4 Å². The standard InChI is InChI=1S/C16H22OS/c1-14(2)10-12-18-13-16-9-4-3-7-15(16)8-5-6-11-17/h3-4,7,9,14,17H,6,10-13H2,1-2H3. The van der Waals surface area contributed by atoms with E-state index in [1.807, 2.05) is 17.8 Å². The highest BCUT2D eigenvalue weighted by Gasteiger charge is 2.00. The predicted molar refractivity (Wildman–Crippen MR) is 80.6 cm³/mol. The van der Waals surface area contributed by atoms with Gasteiger partial charge in [0.15, 0.2) is 0 Å². The fraction of sp³-hybridized carbons (Fsp3) is 0.500. The van der Waals surface area contributed by atoms with Gasteiger partial charge in [-0.25, -0.2) is 0 Å². The topological polar surface area (TPSA) is 20.2 Å². The summed E-state index contributed by atoms with van der Waals surface area (Å²) in [5.74, 6) is 9.14. The molecule has 0 bridgehead atoms. The van der Waals surface area contributed by atoms with Crippen molar-refractivity contribution in [1.29, 1.82) is 0 Å². The van der Waals surface area contributed by atoms with Crippen LogP contribution in [-0.4, -0.2) is 17.5 Å². The lowest BCUT2D eigenvalue weighted by Gasteiger charge is -2.06. The molecule has 0 saturated carbocycles. The van der Waals surface area contributed by atoms with Crippen LogP contribution in [0.15, 0.2) is 24.3 Å². The molecular formula is C16H22OS. The Balaban J connectivity index is 2.52. The molecule has 0 aliphatic carbocycles. The van der Waals surface area contributed by atoms with Gasteiger partial charge >= 0.3 is 0 Å². The van der Waals surface area contributed by atoms with Crippen LogP contribution in [0.2, 0.25) is 0 Å². The molecular weight excluding hydrogens is 240 g/mol. The van der Waals surface area contributed by atoms with Crippen molar-refractivity contribution in [3.8, 4) is 11.8 Å². The Bertz CT molecular complexity index is 401.